The normalized spacial score (nSPS) is 20.6. The maximum atomic E-state index is 12.1. The molecule has 0 heterocycles. The highest BCUT2D eigenvalue weighted by Gasteiger charge is 2.27. The van der Waals surface area contributed by atoms with Gasteiger partial charge in [0.2, 0.25) is 0 Å². The van der Waals surface area contributed by atoms with E-state index in [9.17, 15) is 4.79 Å². The number of unbranched alkanes of at least 4 members (excludes halogenated alkanes) is 1. The molecule has 1 N–H and O–H groups in total. The Kier molecular flexibility index (Phi) is 6.56. The third-order valence-electron chi connectivity index (χ3n) is 4.36. The molecule has 0 bridgehead atoms. The van der Waals surface area contributed by atoms with Crippen LogP contribution in [-0.2, 0) is 4.79 Å². The second kappa shape index (κ2) is 8.66. The number of methoxy groups -OCH3 is 1. The first-order valence-corrected chi connectivity index (χ1v) is 8.29. The lowest BCUT2D eigenvalue weighted by atomic mass is 9.97. The summed E-state index contributed by atoms with van der Waals surface area (Å²) in [6.45, 7) is 2.29. The number of rotatable bonds is 8. The van der Waals surface area contributed by atoms with E-state index in [0.29, 0.717) is 17.7 Å². The second-order valence-electron chi connectivity index (χ2n) is 5.97. The van der Waals surface area contributed by atoms with Crippen molar-refractivity contribution in [1.29, 1.82) is 0 Å². The van der Waals surface area contributed by atoms with Crippen LogP contribution in [0.25, 0.3) is 0 Å². The topological polar surface area (TPSA) is 47.6 Å². The standard InChI is InChI=1S/C18H27NO3/c1-3-4-6-14-7-5-8-17(14)19-18(20)13-22-16-11-9-15(21-2)10-12-16/h9-12,14,17H,3-8,13H2,1-2H3,(H,19,20). The molecular weight excluding hydrogens is 278 g/mol. The van der Waals surface area contributed by atoms with Gasteiger partial charge >= 0.3 is 0 Å². The van der Waals surface area contributed by atoms with Crippen LogP contribution in [0.2, 0.25) is 0 Å². The van der Waals surface area contributed by atoms with Gasteiger partial charge in [0, 0.05) is 6.04 Å². The van der Waals surface area contributed by atoms with Crippen LogP contribution in [0.5, 0.6) is 11.5 Å². The zero-order valence-corrected chi connectivity index (χ0v) is 13.6. The van der Waals surface area contributed by atoms with Crippen molar-refractivity contribution in [2.45, 2.75) is 51.5 Å². The number of carbonyl (C=O) groups is 1. The van der Waals surface area contributed by atoms with E-state index >= 15 is 0 Å². The first kappa shape index (κ1) is 16.7. The highest BCUT2D eigenvalue weighted by Crippen LogP contribution is 2.29. The summed E-state index contributed by atoms with van der Waals surface area (Å²) in [7, 11) is 1.62. The summed E-state index contributed by atoms with van der Waals surface area (Å²) in [5.74, 6) is 2.08. The van der Waals surface area contributed by atoms with E-state index in [0.717, 1.165) is 12.2 Å². The van der Waals surface area contributed by atoms with Gasteiger partial charge in [-0.1, -0.05) is 26.2 Å². The van der Waals surface area contributed by atoms with E-state index in [1.54, 1.807) is 7.11 Å². The molecular formula is C18H27NO3. The summed E-state index contributed by atoms with van der Waals surface area (Å²) in [6.07, 6.45) is 7.25. The van der Waals surface area contributed by atoms with Gasteiger partial charge in [-0.05, 0) is 49.4 Å². The maximum absolute atomic E-state index is 12.1. The Morgan fingerprint density at radius 3 is 2.64 bits per heavy atom. The molecule has 1 aromatic rings. The first-order chi connectivity index (χ1) is 10.7. The smallest absolute Gasteiger partial charge is 0.258 e. The summed E-state index contributed by atoms with van der Waals surface area (Å²) in [5.41, 5.74) is 0. The van der Waals surface area contributed by atoms with Crippen LogP contribution < -0.4 is 14.8 Å². The van der Waals surface area contributed by atoms with Crippen LogP contribution in [0.15, 0.2) is 24.3 Å². The predicted octanol–water partition coefficient (Wildman–Crippen LogP) is 3.55. The molecule has 122 valence electrons. The van der Waals surface area contributed by atoms with E-state index in [2.05, 4.69) is 12.2 Å². The number of nitrogens with one attached hydrogen (secondary N) is 1. The lowest BCUT2D eigenvalue weighted by molar-refractivity contribution is -0.124. The highest BCUT2D eigenvalue weighted by atomic mass is 16.5. The summed E-state index contributed by atoms with van der Waals surface area (Å²) in [4.78, 5) is 12.1. The highest BCUT2D eigenvalue weighted by molar-refractivity contribution is 5.77. The lowest BCUT2D eigenvalue weighted by Gasteiger charge is -2.21. The predicted molar refractivity (Wildman–Crippen MR) is 87.3 cm³/mol. The number of benzene rings is 1. The van der Waals surface area contributed by atoms with Gasteiger partial charge < -0.3 is 14.8 Å². The summed E-state index contributed by atoms with van der Waals surface area (Å²) in [5, 5.41) is 3.14. The molecule has 4 nitrogen and oxygen atoms in total. The van der Waals surface area contributed by atoms with E-state index in [1.165, 1.54) is 32.1 Å². The average molecular weight is 305 g/mol. The van der Waals surface area contributed by atoms with Gasteiger partial charge in [0.25, 0.3) is 5.91 Å². The molecule has 0 aliphatic heterocycles. The van der Waals surface area contributed by atoms with E-state index in [4.69, 9.17) is 9.47 Å². The molecule has 2 atom stereocenters. The molecule has 1 saturated carbocycles. The van der Waals surface area contributed by atoms with Gasteiger partial charge in [0.05, 0.1) is 7.11 Å². The maximum Gasteiger partial charge on any atom is 0.258 e. The monoisotopic (exact) mass is 305 g/mol. The minimum Gasteiger partial charge on any atom is -0.497 e. The molecule has 1 aliphatic carbocycles. The van der Waals surface area contributed by atoms with Crippen molar-refractivity contribution in [2.75, 3.05) is 13.7 Å². The average Bonchev–Trinajstić information content (AvgIpc) is 2.98. The molecule has 1 fully saturated rings. The van der Waals surface area contributed by atoms with E-state index < -0.39 is 0 Å². The molecule has 1 aliphatic rings. The molecule has 0 radical (unpaired) electrons. The Morgan fingerprint density at radius 1 is 1.23 bits per heavy atom. The summed E-state index contributed by atoms with van der Waals surface area (Å²) < 4.78 is 10.6. The summed E-state index contributed by atoms with van der Waals surface area (Å²) >= 11 is 0. The SMILES string of the molecule is CCCCC1CCCC1NC(=O)COc1ccc(OC)cc1. The van der Waals surface area contributed by atoms with Crippen LogP contribution in [-0.4, -0.2) is 25.7 Å². The van der Waals surface area contributed by atoms with Crippen molar-refractivity contribution in [2.24, 2.45) is 5.92 Å². The fourth-order valence-corrected chi connectivity index (χ4v) is 3.11. The zero-order valence-electron chi connectivity index (χ0n) is 13.6. The zero-order chi connectivity index (χ0) is 15.8. The van der Waals surface area contributed by atoms with Gasteiger partial charge in [-0.2, -0.15) is 0 Å². The lowest BCUT2D eigenvalue weighted by Crippen LogP contribution is -2.40. The molecule has 4 heteroatoms. The van der Waals surface area contributed by atoms with Gasteiger partial charge in [-0.15, -0.1) is 0 Å². The van der Waals surface area contributed by atoms with Crippen LogP contribution in [0, 0.1) is 5.92 Å². The Labute approximate surface area is 133 Å². The molecule has 2 unspecified atom stereocenters. The van der Waals surface area contributed by atoms with Crippen LogP contribution in [0.3, 0.4) is 0 Å². The molecule has 2 rings (SSSR count). The molecule has 0 saturated heterocycles. The van der Waals surface area contributed by atoms with Crippen molar-refractivity contribution >= 4 is 5.91 Å². The van der Waals surface area contributed by atoms with E-state index in [-0.39, 0.29) is 12.5 Å². The molecule has 22 heavy (non-hydrogen) atoms. The number of hydrogen-bond acceptors (Lipinski definition) is 3. The van der Waals surface area contributed by atoms with E-state index in [1.807, 2.05) is 24.3 Å². The van der Waals surface area contributed by atoms with Gasteiger partial charge in [-0.3, -0.25) is 4.79 Å². The fourth-order valence-electron chi connectivity index (χ4n) is 3.11. The Hall–Kier alpha value is -1.71. The Balaban J connectivity index is 1.74. The molecule has 1 aromatic carbocycles. The molecule has 0 aromatic heterocycles. The second-order valence-corrected chi connectivity index (χ2v) is 5.97. The van der Waals surface area contributed by atoms with Gasteiger partial charge in [0.1, 0.15) is 11.5 Å². The third kappa shape index (κ3) is 4.93. The molecule has 1 amide bonds. The van der Waals surface area contributed by atoms with Crippen LogP contribution in [0.4, 0.5) is 0 Å². The number of hydrogen-bond donors (Lipinski definition) is 1. The van der Waals surface area contributed by atoms with Crippen molar-refractivity contribution in [3.05, 3.63) is 24.3 Å². The summed E-state index contributed by atoms with van der Waals surface area (Å²) in [6, 6.07) is 7.60. The van der Waals surface area contributed by atoms with Gasteiger partial charge in [0.15, 0.2) is 6.61 Å². The minimum atomic E-state index is -0.0239. The Morgan fingerprint density at radius 2 is 1.95 bits per heavy atom. The third-order valence-corrected chi connectivity index (χ3v) is 4.36. The first-order valence-electron chi connectivity index (χ1n) is 8.29. The largest absolute Gasteiger partial charge is 0.497 e. The van der Waals surface area contributed by atoms with Crippen LogP contribution in [0.1, 0.15) is 45.4 Å². The van der Waals surface area contributed by atoms with Gasteiger partial charge in [-0.25, -0.2) is 0 Å². The minimum absolute atomic E-state index is 0.0239. The quantitative estimate of drug-likeness (QED) is 0.799. The molecule has 0 spiro atoms. The number of ether oxygens (including phenoxy) is 2. The van der Waals surface area contributed by atoms with Crippen molar-refractivity contribution < 1.29 is 14.3 Å². The van der Waals surface area contributed by atoms with Crippen molar-refractivity contribution in [1.82, 2.24) is 5.32 Å². The fraction of sp³-hybridized carbons (Fsp3) is 0.611. The van der Waals surface area contributed by atoms with Crippen LogP contribution >= 0.6 is 0 Å². The van der Waals surface area contributed by atoms with Crippen molar-refractivity contribution in [3.63, 3.8) is 0 Å². The number of carbonyl (C=O) groups excluding carboxylic acids is 1. The Bertz CT molecular complexity index is 458. The van der Waals surface area contributed by atoms with Crippen molar-refractivity contribution in [3.8, 4) is 11.5 Å². The number of amides is 1.